The second kappa shape index (κ2) is 8.05. The molecule has 6 nitrogen and oxygen atoms in total. The minimum Gasteiger partial charge on any atom is -0.507 e. The summed E-state index contributed by atoms with van der Waals surface area (Å²) < 4.78 is 5.59. The average molecular weight is 363 g/mol. The molecule has 0 amide bonds. The molecule has 6 heteroatoms. The lowest BCUT2D eigenvalue weighted by molar-refractivity contribution is 0.104. The van der Waals surface area contributed by atoms with E-state index in [1.54, 1.807) is 24.5 Å². The second-order valence-electron chi connectivity index (χ2n) is 5.77. The van der Waals surface area contributed by atoms with Crippen molar-refractivity contribution in [1.82, 2.24) is 4.98 Å². The number of benzene rings is 2. The number of allylic oxidation sites excluding steroid dienone is 1. The summed E-state index contributed by atoms with van der Waals surface area (Å²) in [6.07, 6.45) is 6.09. The van der Waals surface area contributed by atoms with Crippen molar-refractivity contribution in [2.24, 2.45) is 0 Å². The lowest BCUT2D eigenvalue weighted by atomic mass is 10.1. The Morgan fingerprint density at radius 2 is 1.70 bits per heavy atom. The van der Waals surface area contributed by atoms with Crippen LogP contribution in [0.15, 0.2) is 67.0 Å². The van der Waals surface area contributed by atoms with Crippen LogP contribution in [-0.4, -0.2) is 26.1 Å². The fourth-order valence-corrected chi connectivity index (χ4v) is 2.36. The Kier molecular flexibility index (Phi) is 5.37. The fraction of sp³-hybridized carbons (Fsp3) is 0.0476. The summed E-state index contributed by atoms with van der Waals surface area (Å²) in [5, 5.41) is 28.9. The van der Waals surface area contributed by atoms with Crippen LogP contribution >= 0.6 is 0 Å². The summed E-state index contributed by atoms with van der Waals surface area (Å²) >= 11 is 0. The van der Waals surface area contributed by atoms with E-state index in [4.69, 9.17) is 4.74 Å². The Balaban J connectivity index is 1.68. The zero-order chi connectivity index (χ0) is 19.2. The maximum atomic E-state index is 12.3. The summed E-state index contributed by atoms with van der Waals surface area (Å²) in [6, 6.07) is 12.3. The SMILES string of the molecule is O=C(/C=C/c1ccc(O)c(O)c1)c1ccc(OCc2ccncc2)cc1O. The highest BCUT2D eigenvalue weighted by atomic mass is 16.5. The third-order valence-corrected chi connectivity index (χ3v) is 3.82. The van der Waals surface area contributed by atoms with Gasteiger partial charge in [0.2, 0.25) is 0 Å². The third-order valence-electron chi connectivity index (χ3n) is 3.82. The van der Waals surface area contributed by atoms with E-state index in [1.165, 1.54) is 36.4 Å². The summed E-state index contributed by atoms with van der Waals surface area (Å²) in [6.45, 7) is 0.319. The first kappa shape index (κ1) is 18.0. The predicted octanol–water partition coefficient (Wildman–Crippen LogP) is 3.67. The normalized spacial score (nSPS) is 10.8. The molecule has 0 saturated carbocycles. The van der Waals surface area contributed by atoms with Crippen molar-refractivity contribution in [2.45, 2.75) is 6.61 Å². The van der Waals surface area contributed by atoms with E-state index in [-0.39, 0.29) is 22.8 Å². The van der Waals surface area contributed by atoms with Gasteiger partial charge in [0.15, 0.2) is 17.3 Å². The fourth-order valence-electron chi connectivity index (χ4n) is 2.36. The van der Waals surface area contributed by atoms with Crippen LogP contribution in [-0.2, 0) is 6.61 Å². The number of carbonyl (C=O) groups is 1. The van der Waals surface area contributed by atoms with Gasteiger partial charge in [-0.05, 0) is 53.6 Å². The van der Waals surface area contributed by atoms with Gasteiger partial charge in [0.05, 0.1) is 5.56 Å². The summed E-state index contributed by atoms with van der Waals surface area (Å²) in [7, 11) is 0. The van der Waals surface area contributed by atoms with Gasteiger partial charge in [-0.25, -0.2) is 0 Å². The summed E-state index contributed by atoms with van der Waals surface area (Å²) in [5.41, 5.74) is 1.60. The Labute approximate surface area is 155 Å². The van der Waals surface area contributed by atoms with Crippen molar-refractivity contribution in [3.8, 4) is 23.0 Å². The molecule has 2 aromatic carbocycles. The largest absolute Gasteiger partial charge is 0.507 e. The van der Waals surface area contributed by atoms with E-state index in [0.29, 0.717) is 17.9 Å². The monoisotopic (exact) mass is 363 g/mol. The van der Waals surface area contributed by atoms with Gasteiger partial charge < -0.3 is 20.1 Å². The lowest BCUT2D eigenvalue weighted by Gasteiger charge is -2.08. The molecule has 3 aromatic rings. The van der Waals surface area contributed by atoms with Crippen LogP contribution in [0, 0.1) is 0 Å². The Morgan fingerprint density at radius 1 is 0.926 bits per heavy atom. The van der Waals surface area contributed by atoms with E-state index >= 15 is 0 Å². The van der Waals surface area contributed by atoms with E-state index < -0.39 is 5.78 Å². The molecule has 0 saturated heterocycles. The minimum absolute atomic E-state index is 0.130. The number of pyridine rings is 1. The number of rotatable bonds is 6. The summed E-state index contributed by atoms with van der Waals surface area (Å²) in [4.78, 5) is 16.2. The highest BCUT2D eigenvalue weighted by Gasteiger charge is 2.10. The van der Waals surface area contributed by atoms with Crippen LogP contribution in [0.25, 0.3) is 6.08 Å². The molecule has 3 rings (SSSR count). The Morgan fingerprint density at radius 3 is 2.41 bits per heavy atom. The number of hydrogen-bond acceptors (Lipinski definition) is 6. The topological polar surface area (TPSA) is 99.9 Å². The smallest absolute Gasteiger partial charge is 0.189 e. The van der Waals surface area contributed by atoms with Crippen molar-refractivity contribution in [3.63, 3.8) is 0 Å². The lowest BCUT2D eigenvalue weighted by Crippen LogP contribution is -1.98. The number of phenols is 3. The molecule has 0 atom stereocenters. The molecule has 0 fully saturated rings. The maximum absolute atomic E-state index is 12.3. The van der Waals surface area contributed by atoms with Crippen LogP contribution < -0.4 is 4.74 Å². The van der Waals surface area contributed by atoms with Crippen molar-refractivity contribution >= 4 is 11.9 Å². The maximum Gasteiger partial charge on any atom is 0.189 e. The number of aromatic hydroxyl groups is 3. The van der Waals surface area contributed by atoms with Crippen LogP contribution in [0.1, 0.15) is 21.5 Å². The zero-order valence-electron chi connectivity index (χ0n) is 14.2. The number of carbonyl (C=O) groups excluding carboxylic acids is 1. The molecule has 0 aliphatic rings. The summed E-state index contributed by atoms with van der Waals surface area (Å²) in [5.74, 6) is -0.666. The minimum atomic E-state index is -0.402. The molecule has 3 N–H and O–H groups in total. The molecule has 0 radical (unpaired) electrons. The van der Waals surface area contributed by atoms with Crippen LogP contribution in [0.3, 0.4) is 0 Å². The highest BCUT2D eigenvalue weighted by Crippen LogP contribution is 2.27. The molecule has 0 aliphatic carbocycles. The van der Waals surface area contributed by atoms with Crippen LogP contribution in [0.5, 0.6) is 23.0 Å². The van der Waals surface area contributed by atoms with E-state index in [0.717, 1.165) is 5.56 Å². The quantitative estimate of drug-likeness (QED) is 0.351. The molecule has 0 unspecified atom stereocenters. The molecule has 136 valence electrons. The van der Waals surface area contributed by atoms with Crippen LogP contribution in [0.2, 0.25) is 0 Å². The first-order valence-corrected chi connectivity index (χ1v) is 8.12. The van der Waals surface area contributed by atoms with Crippen molar-refractivity contribution in [3.05, 3.63) is 83.7 Å². The molecular formula is C21H17NO5. The Bertz CT molecular complexity index is 983. The van der Waals surface area contributed by atoms with Gasteiger partial charge in [-0.15, -0.1) is 0 Å². The third kappa shape index (κ3) is 4.64. The number of ether oxygens (including phenoxy) is 1. The van der Waals surface area contributed by atoms with Crippen molar-refractivity contribution in [2.75, 3.05) is 0 Å². The van der Waals surface area contributed by atoms with Gasteiger partial charge in [0.25, 0.3) is 0 Å². The van der Waals surface area contributed by atoms with E-state index in [2.05, 4.69) is 4.98 Å². The van der Waals surface area contributed by atoms with Gasteiger partial charge in [0.1, 0.15) is 18.1 Å². The molecule has 1 heterocycles. The first-order chi connectivity index (χ1) is 13.0. The number of phenolic OH excluding ortho intramolecular Hbond substituents is 3. The van der Waals surface area contributed by atoms with Gasteiger partial charge in [-0.3, -0.25) is 9.78 Å². The van der Waals surface area contributed by atoms with Crippen LogP contribution in [0.4, 0.5) is 0 Å². The predicted molar refractivity (Wildman–Crippen MR) is 99.8 cm³/mol. The second-order valence-corrected chi connectivity index (χ2v) is 5.77. The van der Waals surface area contributed by atoms with E-state index in [1.807, 2.05) is 12.1 Å². The number of nitrogens with zero attached hydrogens (tertiary/aromatic N) is 1. The van der Waals surface area contributed by atoms with Crippen molar-refractivity contribution in [1.29, 1.82) is 0 Å². The molecule has 0 bridgehead atoms. The van der Waals surface area contributed by atoms with Gasteiger partial charge in [0, 0.05) is 18.5 Å². The molecule has 27 heavy (non-hydrogen) atoms. The van der Waals surface area contributed by atoms with Crippen molar-refractivity contribution < 1.29 is 24.9 Å². The average Bonchev–Trinajstić information content (AvgIpc) is 2.68. The number of hydrogen-bond donors (Lipinski definition) is 3. The van der Waals surface area contributed by atoms with Gasteiger partial charge in [-0.1, -0.05) is 12.1 Å². The highest BCUT2D eigenvalue weighted by molar-refractivity contribution is 6.08. The molecular weight excluding hydrogens is 346 g/mol. The Hall–Kier alpha value is -3.80. The number of ketones is 1. The standard InChI is InChI=1S/C21H17NO5/c23-18(5-1-14-2-6-19(24)21(26)11-14)17-4-3-16(12-20(17)25)27-13-15-7-9-22-10-8-15/h1-12,24-26H,13H2/b5-1+. The molecule has 1 aromatic heterocycles. The number of aromatic nitrogens is 1. The molecule has 0 spiro atoms. The zero-order valence-corrected chi connectivity index (χ0v) is 14.2. The first-order valence-electron chi connectivity index (χ1n) is 8.12. The van der Waals surface area contributed by atoms with Gasteiger partial charge in [-0.2, -0.15) is 0 Å². The molecule has 0 aliphatic heterocycles. The van der Waals surface area contributed by atoms with Gasteiger partial charge >= 0.3 is 0 Å². The van der Waals surface area contributed by atoms with E-state index in [9.17, 15) is 20.1 Å².